The molecule has 22 heavy (non-hydrogen) atoms. The standard InChI is InChI=1S/C17H19N5/c1-12(22-7-2-3-8-22)13-5-4-6-14(9-13)15-16-17(20-10-18-15)21-11-19-16/h4-6,9-12H,2-3,7-8H2,1H3,(H,18,19,20,21). The summed E-state index contributed by atoms with van der Waals surface area (Å²) in [7, 11) is 0. The van der Waals surface area contributed by atoms with Crippen LogP contribution < -0.4 is 0 Å². The van der Waals surface area contributed by atoms with Crippen LogP contribution in [0.5, 0.6) is 0 Å². The molecule has 1 aliphatic heterocycles. The lowest BCUT2D eigenvalue weighted by atomic mass is 10.0. The zero-order valence-corrected chi connectivity index (χ0v) is 12.7. The Bertz CT molecular complexity index is 788. The molecule has 112 valence electrons. The predicted molar refractivity (Wildman–Crippen MR) is 86.3 cm³/mol. The van der Waals surface area contributed by atoms with Crippen LogP contribution in [0.3, 0.4) is 0 Å². The lowest BCUT2D eigenvalue weighted by molar-refractivity contribution is 0.263. The number of aromatic nitrogens is 4. The molecule has 3 aromatic rings. The lowest BCUT2D eigenvalue weighted by Gasteiger charge is -2.24. The Kier molecular flexibility index (Phi) is 3.35. The Morgan fingerprint density at radius 2 is 2.00 bits per heavy atom. The van der Waals surface area contributed by atoms with Crippen molar-refractivity contribution in [1.29, 1.82) is 0 Å². The van der Waals surface area contributed by atoms with Gasteiger partial charge in [-0.2, -0.15) is 0 Å². The number of hydrogen-bond donors (Lipinski definition) is 1. The van der Waals surface area contributed by atoms with Crippen LogP contribution in [-0.4, -0.2) is 37.9 Å². The van der Waals surface area contributed by atoms with E-state index >= 15 is 0 Å². The normalized spacial score (nSPS) is 17.1. The van der Waals surface area contributed by atoms with Gasteiger partial charge in [-0.15, -0.1) is 0 Å². The molecule has 1 saturated heterocycles. The third-order valence-electron chi connectivity index (χ3n) is 4.55. The first-order chi connectivity index (χ1) is 10.8. The summed E-state index contributed by atoms with van der Waals surface area (Å²) in [6, 6.07) is 9.11. The minimum atomic E-state index is 0.446. The summed E-state index contributed by atoms with van der Waals surface area (Å²) in [5, 5.41) is 0. The third-order valence-corrected chi connectivity index (χ3v) is 4.55. The number of fused-ring (bicyclic) bond motifs is 1. The van der Waals surface area contributed by atoms with E-state index in [1.54, 1.807) is 12.7 Å². The minimum Gasteiger partial charge on any atom is -0.341 e. The van der Waals surface area contributed by atoms with Crippen LogP contribution in [0.15, 0.2) is 36.9 Å². The van der Waals surface area contributed by atoms with Gasteiger partial charge in [0.05, 0.1) is 12.0 Å². The fourth-order valence-electron chi connectivity index (χ4n) is 3.27. The number of hydrogen-bond acceptors (Lipinski definition) is 4. The number of benzene rings is 1. The molecule has 1 N–H and O–H groups in total. The number of nitrogens with one attached hydrogen (secondary N) is 1. The monoisotopic (exact) mass is 293 g/mol. The van der Waals surface area contributed by atoms with E-state index in [0.29, 0.717) is 11.7 Å². The molecule has 1 unspecified atom stereocenters. The molecule has 3 heterocycles. The van der Waals surface area contributed by atoms with Crippen LogP contribution in [0.4, 0.5) is 0 Å². The smallest absolute Gasteiger partial charge is 0.181 e. The van der Waals surface area contributed by atoms with Crippen molar-refractivity contribution in [2.45, 2.75) is 25.8 Å². The van der Waals surface area contributed by atoms with Crippen molar-refractivity contribution in [2.75, 3.05) is 13.1 Å². The van der Waals surface area contributed by atoms with Crippen molar-refractivity contribution in [3.8, 4) is 11.3 Å². The summed E-state index contributed by atoms with van der Waals surface area (Å²) < 4.78 is 0. The zero-order chi connectivity index (χ0) is 14.9. The number of likely N-dealkylation sites (tertiary alicyclic amines) is 1. The van der Waals surface area contributed by atoms with Gasteiger partial charge in [0.15, 0.2) is 5.65 Å². The van der Waals surface area contributed by atoms with E-state index in [0.717, 1.165) is 16.8 Å². The summed E-state index contributed by atoms with van der Waals surface area (Å²) in [6.45, 7) is 4.68. The average Bonchev–Trinajstić information content (AvgIpc) is 3.25. The topological polar surface area (TPSA) is 57.7 Å². The van der Waals surface area contributed by atoms with Gasteiger partial charge in [0.1, 0.15) is 11.8 Å². The van der Waals surface area contributed by atoms with E-state index in [-0.39, 0.29) is 0 Å². The Hall–Kier alpha value is -2.27. The number of aromatic amines is 1. The van der Waals surface area contributed by atoms with Gasteiger partial charge in [-0.3, -0.25) is 4.90 Å². The molecule has 0 bridgehead atoms. The molecular weight excluding hydrogens is 274 g/mol. The van der Waals surface area contributed by atoms with Crippen molar-refractivity contribution in [3.05, 3.63) is 42.5 Å². The van der Waals surface area contributed by atoms with Crippen LogP contribution in [0.2, 0.25) is 0 Å². The molecule has 1 atom stereocenters. The van der Waals surface area contributed by atoms with E-state index in [1.807, 2.05) is 0 Å². The van der Waals surface area contributed by atoms with Crippen molar-refractivity contribution >= 4 is 11.2 Å². The van der Waals surface area contributed by atoms with Crippen LogP contribution >= 0.6 is 0 Å². The maximum atomic E-state index is 4.45. The third kappa shape index (κ3) is 2.27. The predicted octanol–water partition coefficient (Wildman–Crippen LogP) is 3.18. The van der Waals surface area contributed by atoms with E-state index in [1.165, 1.54) is 31.5 Å². The van der Waals surface area contributed by atoms with Gasteiger partial charge < -0.3 is 4.98 Å². The molecule has 0 saturated carbocycles. The second kappa shape index (κ2) is 5.50. The SMILES string of the molecule is CC(c1cccc(-c2ncnc3nc[nH]c23)c1)N1CCCC1. The van der Waals surface area contributed by atoms with E-state index in [9.17, 15) is 0 Å². The van der Waals surface area contributed by atoms with Gasteiger partial charge in [-0.25, -0.2) is 15.0 Å². The zero-order valence-electron chi connectivity index (χ0n) is 12.7. The first-order valence-corrected chi connectivity index (χ1v) is 7.81. The highest BCUT2D eigenvalue weighted by Gasteiger charge is 2.20. The van der Waals surface area contributed by atoms with Crippen molar-refractivity contribution < 1.29 is 0 Å². The van der Waals surface area contributed by atoms with Gasteiger partial charge >= 0.3 is 0 Å². The molecule has 2 aromatic heterocycles. The summed E-state index contributed by atoms with van der Waals surface area (Å²) >= 11 is 0. The fourth-order valence-corrected chi connectivity index (χ4v) is 3.27. The number of nitrogens with zero attached hydrogens (tertiary/aromatic N) is 4. The first kappa shape index (κ1) is 13.4. The highest BCUT2D eigenvalue weighted by Crippen LogP contribution is 2.29. The summed E-state index contributed by atoms with van der Waals surface area (Å²) in [6.07, 6.45) is 5.87. The molecule has 5 nitrogen and oxygen atoms in total. The Morgan fingerprint density at radius 3 is 2.86 bits per heavy atom. The van der Waals surface area contributed by atoms with Crippen LogP contribution in [0.1, 0.15) is 31.4 Å². The Balaban J connectivity index is 1.74. The maximum Gasteiger partial charge on any atom is 0.181 e. The maximum absolute atomic E-state index is 4.45. The number of H-pyrrole nitrogens is 1. The Labute approximate surface area is 129 Å². The van der Waals surface area contributed by atoms with Crippen LogP contribution in [0, 0.1) is 0 Å². The highest BCUT2D eigenvalue weighted by molar-refractivity contribution is 5.86. The van der Waals surface area contributed by atoms with E-state index in [2.05, 4.69) is 56.0 Å². The van der Waals surface area contributed by atoms with Crippen molar-refractivity contribution in [1.82, 2.24) is 24.8 Å². The van der Waals surface area contributed by atoms with Crippen molar-refractivity contribution in [2.24, 2.45) is 0 Å². The molecule has 0 radical (unpaired) electrons. The van der Waals surface area contributed by atoms with Gasteiger partial charge in [0.25, 0.3) is 0 Å². The molecule has 1 aliphatic rings. The summed E-state index contributed by atoms with van der Waals surface area (Å²) in [4.78, 5) is 18.5. The summed E-state index contributed by atoms with van der Waals surface area (Å²) in [5.74, 6) is 0. The Morgan fingerprint density at radius 1 is 1.14 bits per heavy atom. The number of imidazole rings is 1. The van der Waals surface area contributed by atoms with Crippen LogP contribution in [0.25, 0.3) is 22.4 Å². The highest BCUT2D eigenvalue weighted by atomic mass is 15.2. The number of rotatable bonds is 3. The average molecular weight is 293 g/mol. The summed E-state index contributed by atoms with van der Waals surface area (Å²) in [5.41, 5.74) is 4.97. The second-order valence-electron chi connectivity index (χ2n) is 5.87. The second-order valence-corrected chi connectivity index (χ2v) is 5.87. The molecule has 4 rings (SSSR count). The van der Waals surface area contributed by atoms with E-state index < -0.39 is 0 Å². The molecule has 1 fully saturated rings. The molecule has 0 amide bonds. The van der Waals surface area contributed by atoms with Gasteiger partial charge in [-0.1, -0.05) is 18.2 Å². The van der Waals surface area contributed by atoms with E-state index in [4.69, 9.17) is 0 Å². The van der Waals surface area contributed by atoms with Gasteiger partial charge in [-0.05, 0) is 44.5 Å². The van der Waals surface area contributed by atoms with Crippen LogP contribution in [-0.2, 0) is 0 Å². The molecular formula is C17H19N5. The van der Waals surface area contributed by atoms with Gasteiger partial charge in [0, 0.05) is 11.6 Å². The quantitative estimate of drug-likeness (QED) is 0.806. The molecule has 0 aliphatic carbocycles. The molecule has 1 aromatic carbocycles. The molecule has 0 spiro atoms. The fraction of sp³-hybridized carbons (Fsp3) is 0.353. The van der Waals surface area contributed by atoms with Gasteiger partial charge in [0.2, 0.25) is 0 Å². The molecule has 5 heteroatoms. The lowest BCUT2D eigenvalue weighted by Crippen LogP contribution is -2.23. The largest absolute Gasteiger partial charge is 0.341 e. The van der Waals surface area contributed by atoms with Crippen molar-refractivity contribution in [3.63, 3.8) is 0 Å². The minimum absolute atomic E-state index is 0.446. The first-order valence-electron chi connectivity index (χ1n) is 7.81.